The summed E-state index contributed by atoms with van der Waals surface area (Å²) in [5, 5.41) is -0.248. The second-order valence-electron chi connectivity index (χ2n) is 5.85. The van der Waals surface area contributed by atoms with Crippen molar-refractivity contribution in [3.8, 4) is 5.75 Å². The van der Waals surface area contributed by atoms with E-state index in [1.54, 1.807) is 24.3 Å². The van der Waals surface area contributed by atoms with Gasteiger partial charge in [-0.1, -0.05) is 20.3 Å². The minimum absolute atomic E-state index is 0.248. The molecule has 1 aromatic rings. The van der Waals surface area contributed by atoms with Crippen molar-refractivity contribution in [2.24, 2.45) is 0 Å². The zero-order valence-corrected chi connectivity index (χ0v) is 14.4. The van der Waals surface area contributed by atoms with Crippen LogP contribution in [0.15, 0.2) is 29.2 Å². The smallest absolute Gasteiger partial charge is 0.181 e. The van der Waals surface area contributed by atoms with Crippen molar-refractivity contribution in [3.63, 3.8) is 0 Å². The van der Waals surface area contributed by atoms with Gasteiger partial charge in [0.05, 0.1) is 16.8 Å². The van der Waals surface area contributed by atoms with Crippen molar-refractivity contribution in [1.82, 2.24) is 4.90 Å². The number of likely N-dealkylation sites (tertiary alicyclic amines) is 1. The maximum Gasteiger partial charge on any atom is 0.181 e. The second kappa shape index (κ2) is 7.97. The van der Waals surface area contributed by atoms with Crippen LogP contribution in [0.1, 0.15) is 39.5 Å². The van der Waals surface area contributed by atoms with Crippen molar-refractivity contribution in [3.05, 3.63) is 24.3 Å². The highest BCUT2D eigenvalue weighted by atomic mass is 32.2. The van der Waals surface area contributed by atoms with E-state index in [1.807, 2.05) is 0 Å². The molecule has 0 N–H and O–H groups in total. The van der Waals surface area contributed by atoms with E-state index < -0.39 is 9.84 Å². The van der Waals surface area contributed by atoms with Crippen LogP contribution in [0.5, 0.6) is 5.75 Å². The Bertz CT molecular complexity index is 546. The predicted octanol–water partition coefficient (Wildman–Crippen LogP) is 3.12. The number of hydrogen-bond donors (Lipinski definition) is 0. The Hall–Kier alpha value is -1.07. The topological polar surface area (TPSA) is 46.6 Å². The van der Waals surface area contributed by atoms with Crippen LogP contribution < -0.4 is 4.74 Å². The van der Waals surface area contributed by atoms with Gasteiger partial charge in [0.25, 0.3) is 0 Å². The molecule has 0 bridgehead atoms. The highest BCUT2D eigenvalue weighted by Crippen LogP contribution is 2.26. The molecule has 0 aromatic heterocycles. The number of benzene rings is 1. The molecular formula is C17H27NO3S. The molecule has 0 atom stereocenters. The van der Waals surface area contributed by atoms with Crippen LogP contribution in [0.25, 0.3) is 0 Å². The van der Waals surface area contributed by atoms with Gasteiger partial charge in [-0.3, -0.25) is 0 Å². The van der Waals surface area contributed by atoms with Gasteiger partial charge in [-0.25, -0.2) is 8.42 Å². The monoisotopic (exact) mass is 325 g/mol. The molecule has 0 spiro atoms. The Morgan fingerprint density at radius 2 is 1.77 bits per heavy atom. The fourth-order valence-electron chi connectivity index (χ4n) is 2.79. The van der Waals surface area contributed by atoms with Crippen LogP contribution in [-0.4, -0.2) is 44.8 Å². The van der Waals surface area contributed by atoms with Gasteiger partial charge < -0.3 is 9.64 Å². The fourth-order valence-corrected chi connectivity index (χ4v) is 4.52. The summed E-state index contributed by atoms with van der Waals surface area (Å²) in [6.45, 7) is 7.65. The largest absolute Gasteiger partial charge is 0.494 e. The van der Waals surface area contributed by atoms with Crippen molar-refractivity contribution in [2.75, 3.05) is 26.2 Å². The summed E-state index contributed by atoms with van der Waals surface area (Å²) in [6.07, 6.45) is 3.55. The maximum atomic E-state index is 12.7. The third kappa shape index (κ3) is 4.23. The number of piperidine rings is 1. The second-order valence-corrected chi connectivity index (χ2v) is 8.08. The molecule has 1 fully saturated rings. The van der Waals surface area contributed by atoms with E-state index in [9.17, 15) is 8.42 Å². The highest BCUT2D eigenvalue weighted by molar-refractivity contribution is 7.92. The lowest BCUT2D eigenvalue weighted by atomic mass is 10.1. The molecule has 0 amide bonds. The Balaban J connectivity index is 2.00. The van der Waals surface area contributed by atoms with Crippen LogP contribution in [0.3, 0.4) is 0 Å². The van der Waals surface area contributed by atoms with E-state index in [1.165, 1.54) is 0 Å². The molecule has 0 unspecified atom stereocenters. The molecule has 1 saturated heterocycles. The van der Waals surface area contributed by atoms with Gasteiger partial charge >= 0.3 is 0 Å². The Morgan fingerprint density at radius 3 is 2.32 bits per heavy atom. The lowest BCUT2D eigenvalue weighted by Gasteiger charge is -2.30. The van der Waals surface area contributed by atoms with Gasteiger partial charge in [-0.2, -0.15) is 0 Å². The molecular weight excluding hydrogens is 298 g/mol. The van der Waals surface area contributed by atoms with Gasteiger partial charge in [0.2, 0.25) is 0 Å². The van der Waals surface area contributed by atoms with Gasteiger partial charge in [-0.15, -0.1) is 0 Å². The lowest BCUT2D eigenvalue weighted by Crippen LogP contribution is -2.39. The van der Waals surface area contributed by atoms with E-state index in [4.69, 9.17) is 4.74 Å². The SMILES string of the molecule is CCCCOc1ccc(S(=O)(=O)C2CCN(CC)CC2)cc1. The molecule has 1 aliphatic rings. The fraction of sp³-hybridized carbons (Fsp3) is 0.647. The average Bonchev–Trinajstić information content (AvgIpc) is 2.55. The first-order valence-electron chi connectivity index (χ1n) is 8.27. The van der Waals surface area contributed by atoms with E-state index in [2.05, 4.69) is 18.7 Å². The average molecular weight is 325 g/mol. The zero-order valence-electron chi connectivity index (χ0n) is 13.6. The molecule has 124 valence electrons. The predicted molar refractivity (Wildman–Crippen MR) is 89.2 cm³/mol. The molecule has 2 rings (SSSR count). The van der Waals surface area contributed by atoms with Crippen molar-refractivity contribution < 1.29 is 13.2 Å². The normalized spacial score (nSPS) is 17.5. The molecule has 1 aliphatic heterocycles. The van der Waals surface area contributed by atoms with Gasteiger partial charge in [-0.05, 0) is 63.2 Å². The number of sulfone groups is 1. The maximum absolute atomic E-state index is 12.7. The summed E-state index contributed by atoms with van der Waals surface area (Å²) < 4.78 is 31.0. The van der Waals surface area contributed by atoms with Crippen molar-refractivity contribution >= 4 is 9.84 Å². The number of unbranched alkanes of at least 4 members (excludes halogenated alkanes) is 1. The van der Waals surface area contributed by atoms with Gasteiger partial charge in [0, 0.05) is 0 Å². The first-order valence-corrected chi connectivity index (χ1v) is 9.81. The zero-order chi connectivity index (χ0) is 16.0. The standard InChI is InChI=1S/C17H27NO3S/c1-3-5-14-21-15-6-8-16(9-7-15)22(19,20)17-10-12-18(4-2)13-11-17/h6-9,17H,3-5,10-14H2,1-2H3. The molecule has 1 aromatic carbocycles. The molecule has 0 saturated carbocycles. The van der Waals surface area contributed by atoms with Gasteiger partial charge in [0.15, 0.2) is 9.84 Å². The lowest BCUT2D eigenvalue weighted by molar-refractivity contribution is 0.241. The van der Waals surface area contributed by atoms with Crippen LogP contribution in [0.4, 0.5) is 0 Å². The van der Waals surface area contributed by atoms with Crippen LogP contribution in [-0.2, 0) is 9.84 Å². The first kappa shape index (κ1) is 17.3. The molecule has 5 heteroatoms. The van der Waals surface area contributed by atoms with Gasteiger partial charge in [0.1, 0.15) is 5.75 Å². The summed E-state index contributed by atoms with van der Waals surface area (Å²) in [7, 11) is -3.22. The Labute approximate surface area is 134 Å². The summed E-state index contributed by atoms with van der Waals surface area (Å²) in [4.78, 5) is 2.72. The summed E-state index contributed by atoms with van der Waals surface area (Å²) >= 11 is 0. The first-order chi connectivity index (χ1) is 10.6. The molecule has 1 heterocycles. The third-order valence-electron chi connectivity index (χ3n) is 4.34. The minimum Gasteiger partial charge on any atom is -0.494 e. The number of rotatable bonds is 7. The number of ether oxygens (including phenoxy) is 1. The molecule has 0 aliphatic carbocycles. The van der Waals surface area contributed by atoms with Crippen molar-refractivity contribution in [2.45, 2.75) is 49.7 Å². The summed E-state index contributed by atoms with van der Waals surface area (Å²) in [6, 6.07) is 6.90. The van der Waals surface area contributed by atoms with Crippen LogP contribution in [0, 0.1) is 0 Å². The van der Waals surface area contributed by atoms with Crippen molar-refractivity contribution in [1.29, 1.82) is 0 Å². The van der Waals surface area contributed by atoms with E-state index in [-0.39, 0.29) is 5.25 Å². The summed E-state index contributed by atoms with van der Waals surface area (Å²) in [5.74, 6) is 0.744. The van der Waals surface area contributed by atoms with Crippen LogP contribution in [0.2, 0.25) is 0 Å². The Kier molecular flexibility index (Phi) is 6.26. The number of nitrogens with zero attached hydrogens (tertiary/aromatic N) is 1. The highest BCUT2D eigenvalue weighted by Gasteiger charge is 2.30. The minimum atomic E-state index is -3.22. The quantitative estimate of drug-likeness (QED) is 0.723. The molecule has 22 heavy (non-hydrogen) atoms. The van der Waals surface area contributed by atoms with Crippen LogP contribution >= 0.6 is 0 Å². The van der Waals surface area contributed by atoms with E-state index in [0.717, 1.165) is 51.1 Å². The molecule has 0 radical (unpaired) electrons. The Morgan fingerprint density at radius 1 is 1.14 bits per heavy atom. The van der Waals surface area contributed by atoms with E-state index in [0.29, 0.717) is 11.5 Å². The third-order valence-corrected chi connectivity index (χ3v) is 6.62. The summed E-state index contributed by atoms with van der Waals surface area (Å²) in [5.41, 5.74) is 0. The number of hydrogen-bond acceptors (Lipinski definition) is 4. The van der Waals surface area contributed by atoms with E-state index >= 15 is 0 Å². The molecule has 4 nitrogen and oxygen atoms in total.